The highest BCUT2D eigenvalue weighted by molar-refractivity contribution is 5.44. The van der Waals surface area contributed by atoms with Gasteiger partial charge in [-0.15, -0.1) is 0 Å². The van der Waals surface area contributed by atoms with Crippen LogP contribution in [0.3, 0.4) is 0 Å². The summed E-state index contributed by atoms with van der Waals surface area (Å²) in [5.74, 6) is 1.68. The fourth-order valence-electron chi connectivity index (χ4n) is 2.57. The Labute approximate surface area is 127 Å². The average Bonchev–Trinajstić information content (AvgIpc) is 2.47. The third-order valence-electron chi connectivity index (χ3n) is 3.99. The zero-order chi connectivity index (χ0) is 15.3. The van der Waals surface area contributed by atoms with Crippen LogP contribution in [0.15, 0.2) is 18.2 Å². The summed E-state index contributed by atoms with van der Waals surface area (Å²) in [7, 11) is 0. The van der Waals surface area contributed by atoms with E-state index in [1.165, 1.54) is 5.56 Å². The van der Waals surface area contributed by atoms with Crippen LogP contribution in [0, 0.1) is 5.41 Å². The Kier molecular flexibility index (Phi) is 5.48. The van der Waals surface area contributed by atoms with Gasteiger partial charge in [-0.05, 0) is 36.0 Å². The second-order valence-corrected chi connectivity index (χ2v) is 6.38. The van der Waals surface area contributed by atoms with E-state index in [2.05, 4.69) is 38.2 Å². The molecule has 1 heterocycles. The minimum absolute atomic E-state index is 0.0932. The maximum absolute atomic E-state index is 9.12. The lowest BCUT2D eigenvalue weighted by Gasteiger charge is -2.28. The van der Waals surface area contributed by atoms with Crippen LogP contribution in [0.1, 0.15) is 45.2 Å². The van der Waals surface area contributed by atoms with Gasteiger partial charge >= 0.3 is 0 Å². The van der Waals surface area contributed by atoms with Crippen molar-refractivity contribution in [2.45, 2.75) is 39.7 Å². The predicted molar refractivity (Wildman–Crippen MR) is 84.0 cm³/mol. The Bertz CT molecular complexity index is 459. The topological polar surface area (TPSA) is 50.7 Å². The smallest absolute Gasteiger partial charge is 0.161 e. The molecule has 0 radical (unpaired) electrons. The summed E-state index contributed by atoms with van der Waals surface area (Å²) in [4.78, 5) is 0. The van der Waals surface area contributed by atoms with Crippen molar-refractivity contribution in [2.75, 3.05) is 26.4 Å². The second kappa shape index (κ2) is 7.14. The second-order valence-electron chi connectivity index (χ2n) is 6.38. The summed E-state index contributed by atoms with van der Waals surface area (Å²) in [6, 6.07) is 6.47. The fraction of sp³-hybridized carbons (Fsp3) is 0.647. The highest BCUT2D eigenvalue weighted by atomic mass is 16.6. The molecule has 1 unspecified atom stereocenters. The number of ether oxygens (including phenoxy) is 2. The number of aliphatic hydroxyl groups is 1. The van der Waals surface area contributed by atoms with Crippen molar-refractivity contribution in [2.24, 2.45) is 5.41 Å². The monoisotopic (exact) mass is 293 g/mol. The normalized spacial score (nSPS) is 15.8. The summed E-state index contributed by atoms with van der Waals surface area (Å²) in [6.07, 6.45) is 1.81. The van der Waals surface area contributed by atoms with Crippen LogP contribution in [0.2, 0.25) is 0 Å². The molecule has 0 saturated carbocycles. The van der Waals surface area contributed by atoms with E-state index in [9.17, 15) is 0 Å². The van der Waals surface area contributed by atoms with Gasteiger partial charge in [-0.2, -0.15) is 0 Å². The van der Waals surface area contributed by atoms with Gasteiger partial charge in [-0.25, -0.2) is 0 Å². The van der Waals surface area contributed by atoms with Crippen molar-refractivity contribution >= 4 is 0 Å². The van der Waals surface area contributed by atoms with Crippen LogP contribution in [-0.2, 0) is 0 Å². The highest BCUT2D eigenvalue weighted by Crippen LogP contribution is 2.33. The van der Waals surface area contributed by atoms with Crippen molar-refractivity contribution in [1.29, 1.82) is 0 Å². The van der Waals surface area contributed by atoms with Crippen molar-refractivity contribution in [3.63, 3.8) is 0 Å². The highest BCUT2D eigenvalue weighted by Gasteiger charge is 2.20. The summed E-state index contributed by atoms with van der Waals surface area (Å²) >= 11 is 0. The Morgan fingerprint density at radius 1 is 1.24 bits per heavy atom. The van der Waals surface area contributed by atoms with Gasteiger partial charge in [0.1, 0.15) is 13.2 Å². The molecule has 0 saturated heterocycles. The van der Waals surface area contributed by atoms with Crippen LogP contribution in [0.25, 0.3) is 0 Å². The van der Waals surface area contributed by atoms with E-state index in [0.717, 1.165) is 30.9 Å². The van der Waals surface area contributed by atoms with Gasteiger partial charge in [-0.1, -0.05) is 26.8 Å². The zero-order valence-corrected chi connectivity index (χ0v) is 13.3. The summed E-state index contributed by atoms with van der Waals surface area (Å²) in [6.45, 7) is 8.87. The van der Waals surface area contributed by atoms with E-state index in [-0.39, 0.29) is 12.0 Å². The van der Waals surface area contributed by atoms with E-state index >= 15 is 0 Å². The van der Waals surface area contributed by atoms with Crippen LogP contribution in [0.5, 0.6) is 11.5 Å². The standard InChI is InChI=1S/C17H27NO3/c1-4-14(18-12-17(2,3)7-8-19)13-5-6-15-16(11-13)21-10-9-20-15/h5-6,11,14,18-19H,4,7-10,12H2,1-3H3. The molecular formula is C17H27NO3. The van der Waals surface area contributed by atoms with E-state index < -0.39 is 0 Å². The van der Waals surface area contributed by atoms with Gasteiger partial charge in [0.15, 0.2) is 11.5 Å². The van der Waals surface area contributed by atoms with Gasteiger partial charge in [0.05, 0.1) is 0 Å². The molecule has 0 spiro atoms. The van der Waals surface area contributed by atoms with Gasteiger partial charge < -0.3 is 19.9 Å². The largest absolute Gasteiger partial charge is 0.486 e. The molecule has 1 aromatic carbocycles. The molecule has 0 bridgehead atoms. The lowest BCUT2D eigenvalue weighted by molar-refractivity contribution is 0.171. The van der Waals surface area contributed by atoms with Crippen molar-refractivity contribution in [3.8, 4) is 11.5 Å². The van der Waals surface area contributed by atoms with Crippen molar-refractivity contribution in [3.05, 3.63) is 23.8 Å². The number of rotatable bonds is 7. The Morgan fingerprint density at radius 3 is 2.62 bits per heavy atom. The molecule has 0 aliphatic carbocycles. The molecule has 0 aromatic heterocycles. The average molecular weight is 293 g/mol. The Hall–Kier alpha value is -1.26. The SMILES string of the molecule is CCC(NCC(C)(C)CCO)c1ccc2c(c1)OCCO2. The van der Waals surface area contributed by atoms with E-state index in [4.69, 9.17) is 14.6 Å². The molecule has 1 atom stereocenters. The maximum Gasteiger partial charge on any atom is 0.161 e. The molecule has 1 aromatic rings. The summed E-state index contributed by atoms with van der Waals surface area (Å²) in [5.41, 5.74) is 1.32. The maximum atomic E-state index is 9.12. The molecule has 21 heavy (non-hydrogen) atoms. The number of benzene rings is 1. The van der Waals surface area contributed by atoms with Crippen LogP contribution < -0.4 is 14.8 Å². The van der Waals surface area contributed by atoms with Gasteiger partial charge in [0.2, 0.25) is 0 Å². The van der Waals surface area contributed by atoms with Gasteiger partial charge in [0, 0.05) is 19.2 Å². The lowest BCUT2D eigenvalue weighted by atomic mass is 9.89. The minimum atomic E-state index is 0.0932. The number of fused-ring (bicyclic) bond motifs is 1. The molecule has 2 rings (SSSR count). The molecular weight excluding hydrogens is 266 g/mol. The number of hydrogen-bond acceptors (Lipinski definition) is 4. The van der Waals surface area contributed by atoms with Crippen LogP contribution in [-0.4, -0.2) is 31.5 Å². The molecule has 0 fully saturated rings. The first-order valence-corrected chi connectivity index (χ1v) is 7.79. The zero-order valence-electron chi connectivity index (χ0n) is 13.3. The van der Waals surface area contributed by atoms with Crippen molar-refractivity contribution in [1.82, 2.24) is 5.32 Å². The third-order valence-corrected chi connectivity index (χ3v) is 3.99. The Morgan fingerprint density at radius 2 is 1.95 bits per heavy atom. The van der Waals surface area contributed by atoms with Crippen molar-refractivity contribution < 1.29 is 14.6 Å². The fourth-order valence-corrected chi connectivity index (χ4v) is 2.57. The van der Waals surface area contributed by atoms with Gasteiger partial charge in [-0.3, -0.25) is 0 Å². The molecule has 1 aliphatic heterocycles. The predicted octanol–water partition coefficient (Wildman–Crippen LogP) is 2.91. The number of nitrogens with one attached hydrogen (secondary N) is 1. The van der Waals surface area contributed by atoms with E-state index in [0.29, 0.717) is 19.3 Å². The molecule has 0 amide bonds. The first-order chi connectivity index (χ1) is 10.1. The first-order valence-electron chi connectivity index (χ1n) is 7.79. The number of aliphatic hydroxyl groups excluding tert-OH is 1. The molecule has 2 N–H and O–H groups in total. The van der Waals surface area contributed by atoms with Gasteiger partial charge in [0.25, 0.3) is 0 Å². The minimum Gasteiger partial charge on any atom is -0.486 e. The third kappa shape index (κ3) is 4.35. The Balaban J connectivity index is 2.03. The molecule has 118 valence electrons. The molecule has 4 heteroatoms. The van der Waals surface area contributed by atoms with Crippen LogP contribution in [0.4, 0.5) is 0 Å². The van der Waals surface area contributed by atoms with Crippen LogP contribution >= 0.6 is 0 Å². The summed E-state index contributed by atoms with van der Waals surface area (Å²) < 4.78 is 11.2. The van der Waals surface area contributed by atoms with E-state index in [1.54, 1.807) is 0 Å². The molecule has 4 nitrogen and oxygen atoms in total. The number of hydrogen-bond donors (Lipinski definition) is 2. The summed E-state index contributed by atoms with van der Waals surface area (Å²) in [5, 5.41) is 12.7. The first kappa shape index (κ1) is 16.1. The quantitative estimate of drug-likeness (QED) is 0.811. The molecule has 1 aliphatic rings. The lowest BCUT2D eigenvalue weighted by Crippen LogP contribution is -2.33. The van der Waals surface area contributed by atoms with E-state index in [1.807, 2.05) is 6.07 Å².